The second-order valence-electron chi connectivity index (χ2n) is 5.20. The van der Waals surface area contributed by atoms with Gasteiger partial charge in [0.1, 0.15) is 5.75 Å². The summed E-state index contributed by atoms with van der Waals surface area (Å²) in [5.74, 6) is 0.899. The van der Waals surface area contributed by atoms with E-state index >= 15 is 0 Å². The molecular formula is C14H22N2O4S. The van der Waals surface area contributed by atoms with Crippen LogP contribution in [-0.4, -0.2) is 51.7 Å². The van der Waals surface area contributed by atoms with Gasteiger partial charge in [0, 0.05) is 26.7 Å². The zero-order valence-electron chi connectivity index (χ0n) is 12.4. The summed E-state index contributed by atoms with van der Waals surface area (Å²) >= 11 is 0. The first-order valence-corrected chi connectivity index (χ1v) is 8.37. The first kappa shape index (κ1) is 16.1. The molecule has 0 unspecified atom stereocenters. The normalized spacial score (nSPS) is 17.7. The van der Waals surface area contributed by atoms with Gasteiger partial charge in [0.25, 0.3) is 0 Å². The number of piperidine rings is 1. The molecule has 1 aliphatic heterocycles. The van der Waals surface area contributed by atoms with Crippen molar-refractivity contribution in [2.75, 3.05) is 38.2 Å². The van der Waals surface area contributed by atoms with Crippen LogP contribution in [0.4, 0.5) is 5.69 Å². The number of nitrogens with zero attached hydrogens (tertiary/aromatic N) is 2. The number of hydrogen-bond acceptors (Lipinski definition) is 4. The first-order valence-electron chi connectivity index (χ1n) is 6.98. The van der Waals surface area contributed by atoms with Crippen LogP contribution in [0.1, 0.15) is 12.8 Å². The smallest absolute Gasteiger partial charge is 0.303 e. The Morgan fingerprint density at radius 2 is 1.86 bits per heavy atom. The topological polar surface area (TPSA) is 70.1 Å². The predicted molar refractivity (Wildman–Crippen MR) is 81.7 cm³/mol. The summed E-state index contributed by atoms with van der Waals surface area (Å²) in [6.45, 7) is 1.03. The summed E-state index contributed by atoms with van der Waals surface area (Å²) in [5, 5.41) is 9.13. The molecule has 6 nitrogen and oxygen atoms in total. The van der Waals surface area contributed by atoms with E-state index in [4.69, 9.17) is 9.84 Å². The molecule has 0 saturated carbocycles. The molecule has 1 heterocycles. The average molecular weight is 314 g/mol. The van der Waals surface area contributed by atoms with Gasteiger partial charge in [0.2, 0.25) is 0 Å². The van der Waals surface area contributed by atoms with Crippen LogP contribution in [0.3, 0.4) is 0 Å². The SMILES string of the molecule is COc1ccc(N(C)S(=O)(=O)N2CCC(CO)CC2)cc1. The molecule has 2 rings (SSSR count). The van der Waals surface area contributed by atoms with Crippen LogP contribution in [0.25, 0.3) is 0 Å². The van der Waals surface area contributed by atoms with Gasteiger partial charge >= 0.3 is 10.2 Å². The van der Waals surface area contributed by atoms with Crippen LogP contribution in [0.15, 0.2) is 24.3 Å². The number of methoxy groups -OCH3 is 1. The molecule has 0 amide bonds. The van der Waals surface area contributed by atoms with Crippen LogP contribution < -0.4 is 9.04 Å². The average Bonchev–Trinajstić information content (AvgIpc) is 2.54. The Kier molecular flexibility index (Phi) is 5.08. The highest BCUT2D eigenvalue weighted by molar-refractivity contribution is 7.90. The minimum atomic E-state index is -3.52. The lowest BCUT2D eigenvalue weighted by Crippen LogP contribution is -2.46. The monoisotopic (exact) mass is 314 g/mol. The molecule has 1 fully saturated rings. The molecule has 0 spiro atoms. The van der Waals surface area contributed by atoms with Gasteiger partial charge in [0.05, 0.1) is 12.8 Å². The van der Waals surface area contributed by atoms with Gasteiger partial charge in [-0.2, -0.15) is 12.7 Å². The van der Waals surface area contributed by atoms with Crippen molar-refractivity contribution in [1.29, 1.82) is 0 Å². The van der Waals surface area contributed by atoms with Crippen molar-refractivity contribution in [3.63, 3.8) is 0 Å². The summed E-state index contributed by atoms with van der Waals surface area (Å²) < 4.78 is 33.0. The summed E-state index contributed by atoms with van der Waals surface area (Å²) in [6.07, 6.45) is 1.40. The number of aliphatic hydroxyl groups is 1. The van der Waals surface area contributed by atoms with Gasteiger partial charge in [-0.05, 0) is 43.0 Å². The van der Waals surface area contributed by atoms with Gasteiger partial charge in [-0.3, -0.25) is 4.31 Å². The molecule has 0 bridgehead atoms. The van der Waals surface area contributed by atoms with E-state index in [-0.39, 0.29) is 12.5 Å². The highest BCUT2D eigenvalue weighted by atomic mass is 32.2. The molecule has 0 aromatic heterocycles. The third kappa shape index (κ3) is 3.48. The van der Waals surface area contributed by atoms with E-state index in [9.17, 15) is 8.42 Å². The number of anilines is 1. The summed E-state index contributed by atoms with van der Waals surface area (Å²) in [4.78, 5) is 0. The Morgan fingerprint density at radius 3 is 2.33 bits per heavy atom. The number of rotatable bonds is 5. The van der Waals surface area contributed by atoms with Gasteiger partial charge in [0.15, 0.2) is 0 Å². The molecule has 0 aliphatic carbocycles. The Balaban J connectivity index is 2.11. The lowest BCUT2D eigenvalue weighted by molar-refractivity contribution is 0.170. The van der Waals surface area contributed by atoms with Crippen molar-refractivity contribution in [3.8, 4) is 5.75 Å². The largest absolute Gasteiger partial charge is 0.497 e. The fraction of sp³-hybridized carbons (Fsp3) is 0.571. The van der Waals surface area contributed by atoms with E-state index in [0.29, 0.717) is 37.4 Å². The number of hydrogen-bond donors (Lipinski definition) is 1. The van der Waals surface area contributed by atoms with E-state index in [1.54, 1.807) is 38.4 Å². The maximum Gasteiger partial charge on any atom is 0.303 e. The van der Waals surface area contributed by atoms with Gasteiger partial charge in [-0.15, -0.1) is 0 Å². The molecular weight excluding hydrogens is 292 g/mol. The Labute approximate surface area is 126 Å². The Bertz CT molecular complexity index is 551. The van der Waals surface area contributed by atoms with Crippen LogP contribution in [0.2, 0.25) is 0 Å². The molecule has 1 aromatic rings. The molecule has 1 N–H and O–H groups in total. The standard InChI is InChI=1S/C14H22N2O4S/c1-15(13-3-5-14(20-2)6-4-13)21(18,19)16-9-7-12(11-17)8-10-16/h3-6,12,17H,7-11H2,1-2H3. The lowest BCUT2D eigenvalue weighted by atomic mass is 10.00. The third-order valence-electron chi connectivity index (χ3n) is 3.94. The highest BCUT2D eigenvalue weighted by Gasteiger charge is 2.31. The fourth-order valence-electron chi connectivity index (χ4n) is 2.42. The van der Waals surface area contributed by atoms with E-state index in [1.807, 2.05) is 0 Å². The van der Waals surface area contributed by atoms with Crippen molar-refractivity contribution in [1.82, 2.24) is 4.31 Å². The Hall–Kier alpha value is -1.31. The summed E-state index contributed by atoms with van der Waals surface area (Å²) in [7, 11) is -0.401. The second kappa shape index (κ2) is 6.64. The quantitative estimate of drug-likeness (QED) is 0.883. The fourth-order valence-corrected chi connectivity index (χ4v) is 3.83. The first-order chi connectivity index (χ1) is 9.98. The highest BCUT2D eigenvalue weighted by Crippen LogP contribution is 2.25. The van der Waals surface area contributed by atoms with E-state index in [1.165, 1.54) is 8.61 Å². The van der Waals surface area contributed by atoms with Gasteiger partial charge in [-0.1, -0.05) is 0 Å². The molecule has 1 aliphatic rings. The molecule has 7 heteroatoms. The molecule has 1 aromatic carbocycles. The Morgan fingerprint density at radius 1 is 1.29 bits per heavy atom. The van der Waals surface area contributed by atoms with Crippen LogP contribution in [0, 0.1) is 5.92 Å². The molecule has 1 saturated heterocycles. The molecule has 0 radical (unpaired) electrons. The van der Waals surface area contributed by atoms with Crippen molar-refractivity contribution < 1.29 is 18.3 Å². The minimum absolute atomic E-state index is 0.127. The van der Waals surface area contributed by atoms with Crippen LogP contribution in [-0.2, 0) is 10.2 Å². The van der Waals surface area contributed by atoms with E-state index in [2.05, 4.69) is 0 Å². The van der Waals surface area contributed by atoms with E-state index in [0.717, 1.165) is 0 Å². The molecule has 21 heavy (non-hydrogen) atoms. The zero-order valence-corrected chi connectivity index (χ0v) is 13.2. The summed E-state index contributed by atoms with van der Waals surface area (Å²) in [5.41, 5.74) is 0.597. The van der Waals surface area contributed by atoms with Crippen LogP contribution in [0.5, 0.6) is 5.75 Å². The van der Waals surface area contributed by atoms with Crippen molar-refractivity contribution in [2.45, 2.75) is 12.8 Å². The van der Waals surface area contributed by atoms with Gasteiger partial charge < -0.3 is 9.84 Å². The van der Waals surface area contributed by atoms with Crippen molar-refractivity contribution in [2.24, 2.45) is 5.92 Å². The summed E-state index contributed by atoms with van der Waals surface area (Å²) in [6, 6.07) is 6.91. The van der Waals surface area contributed by atoms with Crippen molar-refractivity contribution >= 4 is 15.9 Å². The lowest BCUT2D eigenvalue weighted by Gasteiger charge is -2.33. The van der Waals surface area contributed by atoms with Crippen LogP contribution >= 0.6 is 0 Å². The number of ether oxygens (including phenoxy) is 1. The van der Waals surface area contributed by atoms with Gasteiger partial charge in [-0.25, -0.2) is 0 Å². The maximum atomic E-state index is 12.6. The minimum Gasteiger partial charge on any atom is -0.497 e. The zero-order chi connectivity index (χ0) is 15.5. The molecule has 118 valence electrons. The molecule has 0 atom stereocenters. The third-order valence-corrected chi connectivity index (χ3v) is 5.86. The maximum absolute atomic E-state index is 12.6. The van der Waals surface area contributed by atoms with E-state index < -0.39 is 10.2 Å². The number of aliphatic hydroxyl groups excluding tert-OH is 1. The van der Waals surface area contributed by atoms with Crippen molar-refractivity contribution in [3.05, 3.63) is 24.3 Å². The second-order valence-corrected chi connectivity index (χ2v) is 7.16. The number of benzene rings is 1. The predicted octanol–water partition coefficient (Wildman–Crippen LogP) is 1.08.